The van der Waals surface area contributed by atoms with Gasteiger partial charge in [0.15, 0.2) is 35.6 Å². The van der Waals surface area contributed by atoms with Crippen molar-refractivity contribution in [3.8, 4) is 5.75 Å². The van der Waals surface area contributed by atoms with Gasteiger partial charge in [-0.05, 0) is 36.4 Å². The fraction of sp³-hybridized carbons (Fsp3) is 0.0714. The number of ketones is 1. The highest BCUT2D eigenvalue weighted by Gasteiger charge is 2.12. The van der Waals surface area contributed by atoms with Crippen molar-refractivity contribution in [3.63, 3.8) is 0 Å². The number of hydrogen-bond donors (Lipinski definition) is 0. The molecule has 0 unspecified atom stereocenters. The van der Waals surface area contributed by atoms with E-state index in [0.717, 1.165) is 18.2 Å². The van der Waals surface area contributed by atoms with Gasteiger partial charge < -0.3 is 4.74 Å². The van der Waals surface area contributed by atoms with Crippen molar-refractivity contribution in [3.05, 3.63) is 63.9 Å². The molecule has 0 fully saturated rings. The summed E-state index contributed by atoms with van der Waals surface area (Å²) >= 11 is 3.14. The molecular weight excluding hydrogens is 337 g/mol. The van der Waals surface area contributed by atoms with E-state index in [1.54, 1.807) is 0 Å². The largest absolute Gasteiger partial charge is 0.482 e. The van der Waals surface area contributed by atoms with Crippen molar-refractivity contribution in [1.82, 2.24) is 0 Å². The number of benzene rings is 2. The van der Waals surface area contributed by atoms with Crippen LogP contribution in [-0.4, -0.2) is 12.4 Å². The van der Waals surface area contributed by atoms with Crippen molar-refractivity contribution in [2.24, 2.45) is 0 Å². The van der Waals surface area contributed by atoms with Gasteiger partial charge >= 0.3 is 0 Å². The molecule has 0 aromatic heterocycles. The van der Waals surface area contributed by atoms with Gasteiger partial charge in [0, 0.05) is 10.0 Å². The normalized spacial score (nSPS) is 10.4. The number of ether oxygens (including phenoxy) is 1. The number of rotatable bonds is 4. The number of carbonyl (C=O) groups excluding carboxylic acids is 1. The third-order valence-electron chi connectivity index (χ3n) is 2.49. The van der Waals surface area contributed by atoms with Crippen LogP contribution in [0.4, 0.5) is 13.2 Å². The van der Waals surface area contributed by atoms with Gasteiger partial charge in [-0.15, -0.1) is 0 Å². The molecule has 2 aromatic rings. The Morgan fingerprint density at radius 2 is 1.70 bits per heavy atom. The number of carbonyl (C=O) groups is 1. The minimum Gasteiger partial charge on any atom is -0.482 e. The maximum Gasteiger partial charge on any atom is 0.200 e. The Kier molecular flexibility index (Phi) is 4.44. The second-order valence-electron chi connectivity index (χ2n) is 3.92. The zero-order valence-electron chi connectivity index (χ0n) is 10.00. The lowest BCUT2D eigenvalue weighted by Gasteiger charge is -2.07. The summed E-state index contributed by atoms with van der Waals surface area (Å²) in [5.74, 6) is -3.46. The van der Waals surface area contributed by atoms with E-state index in [1.165, 1.54) is 18.2 Å². The van der Waals surface area contributed by atoms with Crippen LogP contribution in [-0.2, 0) is 0 Å². The Morgan fingerprint density at radius 3 is 2.40 bits per heavy atom. The van der Waals surface area contributed by atoms with E-state index in [9.17, 15) is 18.0 Å². The van der Waals surface area contributed by atoms with Crippen LogP contribution in [0.3, 0.4) is 0 Å². The molecule has 20 heavy (non-hydrogen) atoms. The third kappa shape index (κ3) is 3.39. The second kappa shape index (κ2) is 6.09. The molecular formula is C14H8BrF3O2. The fourth-order valence-corrected chi connectivity index (χ4v) is 1.82. The van der Waals surface area contributed by atoms with E-state index >= 15 is 0 Å². The summed E-state index contributed by atoms with van der Waals surface area (Å²) in [5.41, 5.74) is -0.0423. The predicted molar refractivity (Wildman–Crippen MR) is 70.3 cm³/mol. The summed E-state index contributed by atoms with van der Waals surface area (Å²) in [6, 6.07) is 6.80. The first-order valence-corrected chi connectivity index (χ1v) is 6.33. The highest BCUT2D eigenvalue weighted by molar-refractivity contribution is 9.10. The summed E-state index contributed by atoms with van der Waals surface area (Å²) in [7, 11) is 0. The molecule has 0 aliphatic rings. The van der Waals surface area contributed by atoms with E-state index in [2.05, 4.69) is 15.9 Å². The summed E-state index contributed by atoms with van der Waals surface area (Å²) in [4.78, 5) is 11.7. The lowest BCUT2D eigenvalue weighted by Crippen LogP contribution is -2.12. The van der Waals surface area contributed by atoms with Gasteiger partial charge in [0.05, 0.1) is 0 Å². The standard InChI is InChI=1S/C14H8BrF3O2/c15-9-2-4-11(17)14(6-9)20-7-13(19)8-1-3-10(16)12(18)5-8/h1-6H,7H2. The van der Waals surface area contributed by atoms with Crippen LogP contribution < -0.4 is 4.74 Å². The van der Waals surface area contributed by atoms with Gasteiger partial charge in [0.2, 0.25) is 0 Å². The first-order valence-electron chi connectivity index (χ1n) is 5.53. The molecule has 0 spiro atoms. The Morgan fingerprint density at radius 1 is 1.00 bits per heavy atom. The smallest absolute Gasteiger partial charge is 0.200 e. The molecule has 2 nitrogen and oxygen atoms in total. The summed E-state index contributed by atoms with van der Waals surface area (Å²) in [5, 5.41) is 0. The molecule has 0 aliphatic carbocycles. The van der Waals surface area contributed by atoms with E-state index in [4.69, 9.17) is 4.74 Å². The van der Waals surface area contributed by atoms with Gasteiger partial charge in [-0.25, -0.2) is 13.2 Å². The first kappa shape index (κ1) is 14.6. The fourth-order valence-electron chi connectivity index (χ4n) is 1.48. The predicted octanol–water partition coefficient (Wildman–Crippen LogP) is 4.13. The van der Waals surface area contributed by atoms with Gasteiger partial charge in [-0.1, -0.05) is 15.9 Å². The van der Waals surface area contributed by atoms with Crippen LogP contribution in [0.15, 0.2) is 40.9 Å². The highest BCUT2D eigenvalue weighted by atomic mass is 79.9. The monoisotopic (exact) mass is 344 g/mol. The topological polar surface area (TPSA) is 26.3 Å². The van der Waals surface area contributed by atoms with Crippen molar-refractivity contribution >= 4 is 21.7 Å². The first-order chi connectivity index (χ1) is 9.47. The number of halogens is 4. The molecule has 0 atom stereocenters. The molecule has 6 heteroatoms. The molecule has 0 N–H and O–H groups in total. The molecule has 0 amide bonds. The van der Waals surface area contributed by atoms with E-state index in [1.807, 2.05) is 0 Å². The van der Waals surface area contributed by atoms with Crippen LogP contribution in [0.25, 0.3) is 0 Å². The van der Waals surface area contributed by atoms with E-state index < -0.39 is 29.8 Å². The summed E-state index contributed by atoms with van der Waals surface area (Å²) in [6.45, 7) is -0.474. The average Bonchev–Trinajstić information content (AvgIpc) is 2.42. The highest BCUT2D eigenvalue weighted by Crippen LogP contribution is 2.22. The van der Waals surface area contributed by atoms with E-state index in [0.29, 0.717) is 4.47 Å². The number of hydrogen-bond acceptors (Lipinski definition) is 2. The molecule has 0 saturated heterocycles. The average molecular weight is 345 g/mol. The summed E-state index contributed by atoms with van der Waals surface area (Å²) < 4.78 is 44.7. The van der Waals surface area contributed by atoms with Gasteiger partial charge in [-0.2, -0.15) is 0 Å². The van der Waals surface area contributed by atoms with Gasteiger partial charge in [-0.3, -0.25) is 4.79 Å². The Labute approximate surface area is 121 Å². The zero-order valence-corrected chi connectivity index (χ0v) is 11.6. The molecule has 0 bridgehead atoms. The maximum atomic E-state index is 13.4. The minimum absolute atomic E-state index is 0.0423. The van der Waals surface area contributed by atoms with Crippen molar-refractivity contribution in [2.75, 3.05) is 6.61 Å². The number of Topliss-reactive ketones (excluding diaryl/α,β-unsaturated/α-hetero) is 1. The van der Waals surface area contributed by atoms with Crippen LogP contribution >= 0.6 is 15.9 Å². The molecule has 104 valence electrons. The molecule has 0 saturated carbocycles. The van der Waals surface area contributed by atoms with Crippen LogP contribution in [0.5, 0.6) is 5.75 Å². The SMILES string of the molecule is O=C(COc1cc(Br)ccc1F)c1ccc(F)c(F)c1. The van der Waals surface area contributed by atoms with Gasteiger partial charge in [0.25, 0.3) is 0 Å². The lowest BCUT2D eigenvalue weighted by atomic mass is 10.1. The van der Waals surface area contributed by atoms with Crippen LogP contribution in [0.1, 0.15) is 10.4 Å². The van der Waals surface area contributed by atoms with Crippen LogP contribution in [0, 0.1) is 17.5 Å². The zero-order chi connectivity index (χ0) is 14.7. The Hall–Kier alpha value is -1.82. The van der Waals surface area contributed by atoms with Crippen molar-refractivity contribution < 1.29 is 22.7 Å². The summed E-state index contributed by atoms with van der Waals surface area (Å²) in [6.07, 6.45) is 0. The molecule has 2 rings (SSSR count). The van der Waals surface area contributed by atoms with Crippen molar-refractivity contribution in [2.45, 2.75) is 0 Å². The van der Waals surface area contributed by atoms with Gasteiger partial charge in [0.1, 0.15) is 0 Å². The quantitative estimate of drug-likeness (QED) is 0.779. The molecule has 2 aromatic carbocycles. The lowest BCUT2D eigenvalue weighted by molar-refractivity contribution is 0.0918. The second-order valence-corrected chi connectivity index (χ2v) is 4.83. The maximum absolute atomic E-state index is 13.4. The third-order valence-corrected chi connectivity index (χ3v) is 2.99. The Balaban J connectivity index is 2.08. The molecule has 0 heterocycles. The van der Waals surface area contributed by atoms with E-state index in [-0.39, 0.29) is 11.3 Å². The molecule has 0 radical (unpaired) electrons. The van der Waals surface area contributed by atoms with Crippen molar-refractivity contribution in [1.29, 1.82) is 0 Å². The Bertz CT molecular complexity index is 659. The van der Waals surface area contributed by atoms with Crippen LogP contribution in [0.2, 0.25) is 0 Å². The molecule has 0 aliphatic heterocycles. The minimum atomic E-state index is -1.12.